The van der Waals surface area contributed by atoms with Gasteiger partial charge in [-0.05, 0) is 19.3 Å². The highest BCUT2D eigenvalue weighted by Crippen LogP contribution is 2.27. The second kappa shape index (κ2) is 4.92. The average molecular weight is 226 g/mol. The lowest BCUT2D eigenvalue weighted by Crippen LogP contribution is -2.29. The van der Waals surface area contributed by atoms with Gasteiger partial charge < -0.3 is 16.4 Å². The smallest absolute Gasteiger partial charge is 0.185 e. The number of anilines is 1. The molecule has 0 radical (unpaired) electrons. The molecule has 0 aliphatic carbocycles. The molecule has 2 heterocycles. The Hall–Kier alpha value is -0.650. The van der Waals surface area contributed by atoms with Crippen LogP contribution in [0.5, 0.6) is 0 Å². The van der Waals surface area contributed by atoms with Crippen molar-refractivity contribution in [3.63, 3.8) is 0 Å². The molecule has 4 N–H and O–H groups in total. The Balaban J connectivity index is 2.05. The molecule has 2 rings (SSSR count). The van der Waals surface area contributed by atoms with E-state index in [0.717, 1.165) is 23.1 Å². The van der Waals surface area contributed by atoms with Crippen LogP contribution in [0.4, 0.5) is 5.13 Å². The number of aromatic nitrogens is 1. The summed E-state index contributed by atoms with van der Waals surface area (Å²) in [7, 11) is 0. The first kappa shape index (κ1) is 10.9. The van der Waals surface area contributed by atoms with E-state index in [1.807, 2.05) is 6.20 Å². The van der Waals surface area contributed by atoms with Crippen molar-refractivity contribution in [1.82, 2.24) is 4.98 Å². The molecule has 1 aliphatic rings. The van der Waals surface area contributed by atoms with E-state index in [0.29, 0.717) is 6.54 Å². The molecule has 1 aromatic rings. The van der Waals surface area contributed by atoms with Gasteiger partial charge in [-0.25, -0.2) is 4.98 Å². The quantitative estimate of drug-likeness (QED) is 0.809. The number of hydrogen-bond donors (Lipinski definition) is 2. The van der Waals surface area contributed by atoms with Crippen LogP contribution >= 0.6 is 11.3 Å². The van der Waals surface area contributed by atoms with Crippen LogP contribution in [0.15, 0.2) is 6.20 Å². The van der Waals surface area contributed by atoms with Gasteiger partial charge in [-0.3, -0.25) is 0 Å². The Morgan fingerprint density at radius 1 is 1.40 bits per heavy atom. The van der Waals surface area contributed by atoms with Crippen LogP contribution in [-0.4, -0.2) is 24.6 Å². The van der Waals surface area contributed by atoms with Gasteiger partial charge in [-0.1, -0.05) is 0 Å². The van der Waals surface area contributed by atoms with Crippen molar-refractivity contribution in [3.05, 3.63) is 11.1 Å². The van der Waals surface area contributed by atoms with E-state index in [1.54, 1.807) is 11.3 Å². The molecule has 0 bridgehead atoms. The molecule has 4 nitrogen and oxygen atoms in total. The second-order valence-corrected chi connectivity index (χ2v) is 4.98. The minimum atomic E-state index is -0.0546. The molecule has 1 aromatic heterocycles. The summed E-state index contributed by atoms with van der Waals surface area (Å²) in [5.74, 6) is 0. The zero-order valence-corrected chi connectivity index (χ0v) is 9.67. The van der Waals surface area contributed by atoms with Crippen LogP contribution in [-0.2, 0) is 0 Å². The van der Waals surface area contributed by atoms with Gasteiger partial charge in [0.2, 0.25) is 0 Å². The zero-order valence-electron chi connectivity index (χ0n) is 8.85. The molecule has 1 saturated heterocycles. The molecule has 15 heavy (non-hydrogen) atoms. The average Bonchev–Trinajstić information content (AvgIpc) is 2.78. The zero-order chi connectivity index (χ0) is 10.7. The predicted molar refractivity (Wildman–Crippen MR) is 64.2 cm³/mol. The molecule has 84 valence electrons. The standard InChI is InChI=1S/C10H18N4S/c11-6-8(12)9-7-13-10(15-9)14-4-2-1-3-5-14/h7-8H,1-6,11-12H2. The van der Waals surface area contributed by atoms with Crippen molar-refractivity contribution in [1.29, 1.82) is 0 Å². The van der Waals surface area contributed by atoms with Crippen LogP contribution < -0.4 is 16.4 Å². The van der Waals surface area contributed by atoms with Gasteiger partial charge >= 0.3 is 0 Å². The number of nitrogens with two attached hydrogens (primary N) is 2. The van der Waals surface area contributed by atoms with E-state index in [-0.39, 0.29) is 6.04 Å². The Morgan fingerprint density at radius 3 is 2.80 bits per heavy atom. The number of rotatable bonds is 3. The van der Waals surface area contributed by atoms with Crippen LogP contribution in [0.2, 0.25) is 0 Å². The van der Waals surface area contributed by atoms with E-state index in [1.165, 1.54) is 19.3 Å². The first-order valence-corrected chi connectivity index (χ1v) is 6.29. The monoisotopic (exact) mass is 226 g/mol. The fraction of sp³-hybridized carbons (Fsp3) is 0.700. The molecule has 1 atom stereocenters. The number of thiazole rings is 1. The van der Waals surface area contributed by atoms with Gasteiger partial charge in [-0.15, -0.1) is 11.3 Å². The molecular formula is C10H18N4S. The number of piperidine rings is 1. The van der Waals surface area contributed by atoms with Crippen molar-refractivity contribution >= 4 is 16.5 Å². The third-order valence-corrected chi connectivity index (χ3v) is 3.95. The lowest BCUT2D eigenvalue weighted by atomic mass is 10.1. The summed E-state index contributed by atoms with van der Waals surface area (Å²) >= 11 is 1.68. The molecule has 0 saturated carbocycles. The van der Waals surface area contributed by atoms with E-state index >= 15 is 0 Å². The minimum absolute atomic E-state index is 0.0546. The lowest BCUT2D eigenvalue weighted by molar-refractivity contribution is 0.577. The third-order valence-electron chi connectivity index (χ3n) is 2.76. The molecule has 0 spiro atoms. The van der Waals surface area contributed by atoms with Gasteiger partial charge in [0.25, 0.3) is 0 Å². The van der Waals surface area contributed by atoms with Gasteiger partial charge in [0.15, 0.2) is 5.13 Å². The van der Waals surface area contributed by atoms with Crippen molar-refractivity contribution in [2.75, 3.05) is 24.5 Å². The van der Waals surface area contributed by atoms with Crippen LogP contribution in [0, 0.1) is 0 Å². The summed E-state index contributed by atoms with van der Waals surface area (Å²) in [5, 5.41) is 1.11. The van der Waals surface area contributed by atoms with E-state index < -0.39 is 0 Å². The van der Waals surface area contributed by atoms with Crippen molar-refractivity contribution in [2.24, 2.45) is 11.5 Å². The van der Waals surface area contributed by atoms with E-state index in [9.17, 15) is 0 Å². The maximum atomic E-state index is 5.86. The van der Waals surface area contributed by atoms with Crippen molar-refractivity contribution in [2.45, 2.75) is 25.3 Å². The summed E-state index contributed by atoms with van der Waals surface area (Å²) in [6.07, 6.45) is 5.76. The summed E-state index contributed by atoms with van der Waals surface area (Å²) in [5.41, 5.74) is 11.4. The molecule has 1 aliphatic heterocycles. The van der Waals surface area contributed by atoms with Crippen LogP contribution in [0.1, 0.15) is 30.2 Å². The molecule has 0 aromatic carbocycles. The highest BCUT2D eigenvalue weighted by Gasteiger charge is 2.15. The third kappa shape index (κ3) is 2.48. The summed E-state index contributed by atoms with van der Waals surface area (Å²) in [4.78, 5) is 7.86. The van der Waals surface area contributed by atoms with Gasteiger partial charge in [-0.2, -0.15) is 0 Å². The van der Waals surface area contributed by atoms with Gasteiger partial charge in [0, 0.05) is 30.7 Å². The molecule has 1 unspecified atom stereocenters. The summed E-state index contributed by atoms with van der Waals surface area (Å²) in [6.45, 7) is 2.75. The molecule has 0 amide bonds. The molecule has 1 fully saturated rings. The SMILES string of the molecule is NCC(N)c1cnc(N2CCCCC2)s1. The Morgan fingerprint density at radius 2 is 2.13 bits per heavy atom. The second-order valence-electron chi connectivity index (χ2n) is 3.94. The molecule has 5 heteroatoms. The molecular weight excluding hydrogens is 208 g/mol. The summed E-state index contributed by atoms with van der Waals surface area (Å²) in [6, 6.07) is -0.0546. The number of nitrogens with zero attached hydrogens (tertiary/aromatic N) is 2. The largest absolute Gasteiger partial charge is 0.348 e. The van der Waals surface area contributed by atoms with Gasteiger partial charge in [0.05, 0.1) is 6.04 Å². The van der Waals surface area contributed by atoms with Crippen LogP contribution in [0.25, 0.3) is 0 Å². The fourth-order valence-corrected chi connectivity index (χ4v) is 2.78. The van der Waals surface area contributed by atoms with E-state index in [2.05, 4.69) is 9.88 Å². The van der Waals surface area contributed by atoms with Crippen LogP contribution in [0.3, 0.4) is 0 Å². The highest BCUT2D eigenvalue weighted by atomic mass is 32.1. The van der Waals surface area contributed by atoms with Crippen molar-refractivity contribution < 1.29 is 0 Å². The predicted octanol–water partition coefficient (Wildman–Crippen LogP) is 1.09. The first-order chi connectivity index (χ1) is 7.31. The Bertz CT molecular complexity index is 306. The maximum Gasteiger partial charge on any atom is 0.185 e. The maximum absolute atomic E-state index is 5.86. The van der Waals surface area contributed by atoms with Gasteiger partial charge in [0.1, 0.15) is 0 Å². The highest BCUT2D eigenvalue weighted by molar-refractivity contribution is 7.15. The van der Waals surface area contributed by atoms with E-state index in [4.69, 9.17) is 11.5 Å². The lowest BCUT2D eigenvalue weighted by Gasteiger charge is -2.25. The Labute approximate surface area is 94.3 Å². The Kier molecular flexibility index (Phi) is 3.56. The first-order valence-electron chi connectivity index (χ1n) is 5.47. The minimum Gasteiger partial charge on any atom is -0.348 e. The normalized spacial score (nSPS) is 19.2. The topological polar surface area (TPSA) is 68.2 Å². The number of hydrogen-bond acceptors (Lipinski definition) is 5. The fourth-order valence-electron chi connectivity index (χ4n) is 1.80. The summed E-state index contributed by atoms with van der Waals surface area (Å²) < 4.78 is 0. The van der Waals surface area contributed by atoms with Crippen molar-refractivity contribution in [3.8, 4) is 0 Å².